The molecule has 0 rings (SSSR count). The lowest BCUT2D eigenvalue weighted by molar-refractivity contribution is -0.125. The fourth-order valence-electron chi connectivity index (χ4n) is 0.292. The molecule has 9 heavy (non-hydrogen) atoms. The number of halogens is 1. The van der Waals surface area contributed by atoms with Gasteiger partial charge < -0.3 is 10.1 Å². The van der Waals surface area contributed by atoms with Gasteiger partial charge in [0.25, 0.3) is 0 Å². The third kappa shape index (κ3) is 5.23. The molecule has 0 aliphatic rings. The molecule has 0 bridgehead atoms. The van der Waals surface area contributed by atoms with Gasteiger partial charge in [-0.05, 0) is 0 Å². The minimum atomic E-state index is -0.545. The van der Waals surface area contributed by atoms with Gasteiger partial charge in [0.2, 0.25) is 5.91 Å². The molecule has 54 valence electrons. The number of nitrogens with one attached hydrogen (secondary N) is 1. The summed E-state index contributed by atoms with van der Waals surface area (Å²) in [5.74, 6) is -0.233. The van der Waals surface area contributed by atoms with Crippen molar-refractivity contribution < 1.29 is 13.9 Å². The second-order valence-corrected chi connectivity index (χ2v) is 1.41. The lowest BCUT2D eigenvalue weighted by Gasteiger charge is -1.97. The van der Waals surface area contributed by atoms with E-state index in [2.05, 4.69) is 10.1 Å². The van der Waals surface area contributed by atoms with E-state index in [1.165, 1.54) is 7.05 Å². The summed E-state index contributed by atoms with van der Waals surface area (Å²) >= 11 is 0. The fraction of sp³-hybridized carbons (Fsp3) is 0.800. The molecule has 1 N–H and O–H groups in total. The molecule has 0 unspecified atom stereocenters. The highest BCUT2D eigenvalue weighted by molar-refractivity contribution is 5.76. The zero-order valence-electron chi connectivity index (χ0n) is 5.32. The number of hydrogen-bond donors (Lipinski definition) is 1. The van der Waals surface area contributed by atoms with Gasteiger partial charge in [-0.3, -0.25) is 4.79 Å². The number of rotatable bonds is 4. The highest BCUT2D eigenvalue weighted by Crippen LogP contribution is 1.74. The van der Waals surface area contributed by atoms with Gasteiger partial charge in [-0.2, -0.15) is 0 Å². The van der Waals surface area contributed by atoms with E-state index in [-0.39, 0.29) is 19.1 Å². The van der Waals surface area contributed by atoms with E-state index in [0.29, 0.717) is 0 Å². The third-order valence-electron chi connectivity index (χ3n) is 0.733. The molecule has 0 atom stereocenters. The summed E-state index contributed by atoms with van der Waals surface area (Å²) in [5, 5.41) is 2.34. The maximum absolute atomic E-state index is 11.3. The molecule has 0 aromatic carbocycles. The first-order valence-corrected chi connectivity index (χ1v) is 2.65. The number of hydrogen-bond acceptors (Lipinski definition) is 2. The second-order valence-electron chi connectivity index (χ2n) is 1.41. The Balaban J connectivity index is 2.97. The average Bonchev–Trinajstić information content (AvgIpc) is 1.89. The van der Waals surface area contributed by atoms with E-state index in [9.17, 15) is 9.18 Å². The quantitative estimate of drug-likeness (QED) is 0.538. The number of carbonyl (C=O) groups excluding carboxylic acids is 1. The summed E-state index contributed by atoms with van der Waals surface area (Å²) in [6.45, 7) is -0.606. The lowest BCUT2D eigenvalue weighted by atomic mass is 10.6. The lowest BCUT2D eigenvalue weighted by Crippen LogP contribution is -2.23. The van der Waals surface area contributed by atoms with Crippen LogP contribution < -0.4 is 5.32 Å². The zero-order valence-corrected chi connectivity index (χ0v) is 5.32. The van der Waals surface area contributed by atoms with E-state index in [4.69, 9.17) is 0 Å². The smallest absolute Gasteiger partial charge is 0.245 e. The Kier molecular flexibility index (Phi) is 5.11. The van der Waals surface area contributed by atoms with Gasteiger partial charge in [-0.15, -0.1) is 0 Å². The number of amides is 1. The maximum Gasteiger partial charge on any atom is 0.245 e. The van der Waals surface area contributed by atoms with Crippen LogP contribution in [0.15, 0.2) is 0 Å². The molecule has 0 radical (unpaired) electrons. The van der Waals surface area contributed by atoms with Crippen LogP contribution in [-0.4, -0.2) is 32.8 Å². The highest BCUT2D eigenvalue weighted by Gasteiger charge is 1.94. The van der Waals surface area contributed by atoms with Crippen LogP contribution in [0, 0.1) is 0 Å². The summed E-state index contributed by atoms with van der Waals surface area (Å²) in [6, 6.07) is 0. The van der Waals surface area contributed by atoms with Gasteiger partial charge in [0, 0.05) is 7.05 Å². The topological polar surface area (TPSA) is 38.3 Å². The van der Waals surface area contributed by atoms with Crippen LogP contribution in [0.1, 0.15) is 0 Å². The molecular formula is C5H10FNO2. The summed E-state index contributed by atoms with van der Waals surface area (Å²) in [5.41, 5.74) is 0. The minimum Gasteiger partial charge on any atom is -0.369 e. The van der Waals surface area contributed by atoms with Crippen molar-refractivity contribution in [3.8, 4) is 0 Å². The molecule has 0 fully saturated rings. The normalized spacial score (nSPS) is 9.11. The molecule has 0 saturated carbocycles. The molecule has 0 aliphatic heterocycles. The Bertz CT molecular complexity index is 87.0. The van der Waals surface area contributed by atoms with Crippen LogP contribution in [-0.2, 0) is 9.53 Å². The highest BCUT2D eigenvalue weighted by atomic mass is 19.1. The SMILES string of the molecule is CNC(=O)COCCF. The van der Waals surface area contributed by atoms with Crippen molar-refractivity contribution in [2.75, 3.05) is 26.9 Å². The van der Waals surface area contributed by atoms with Gasteiger partial charge in [0.15, 0.2) is 0 Å². The largest absolute Gasteiger partial charge is 0.369 e. The van der Waals surface area contributed by atoms with Crippen molar-refractivity contribution in [1.29, 1.82) is 0 Å². The monoisotopic (exact) mass is 135 g/mol. The standard InChI is InChI=1S/C5H10FNO2/c1-7-5(8)4-9-3-2-6/h2-4H2,1H3,(H,7,8). The van der Waals surface area contributed by atoms with Crippen LogP contribution in [0.3, 0.4) is 0 Å². The number of likely N-dealkylation sites (N-methyl/N-ethyl adjacent to an activating group) is 1. The van der Waals surface area contributed by atoms with E-state index in [1.807, 2.05) is 0 Å². The van der Waals surface area contributed by atoms with Crippen molar-refractivity contribution in [2.24, 2.45) is 0 Å². The first-order valence-electron chi connectivity index (χ1n) is 2.65. The third-order valence-corrected chi connectivity index (χ3v) is 0.733. The van der Waals surface area contributed by atoms with Gasteiger partial charge in [-0.1, -0.05) is 0 Å². The van der Waals surface area contributed by atoms with Crippen molar-refractivity contribution in [3.63, 3.8) is 0 Å². The minimum absolute atomic E-state index is 0.00653. The van der Waals surface area contributed by atoms with Crippen molar-refractivity contribution >= 4 is 5.91 Å². The molecular weight excluding hydrogens is 125 g/mol. The van der Waals surface area contributed by atoms with Crippen LogP contribution in [0.25, 0.3) is 0 Å². The Morgan fingerprint density at radius 3 is 2.89 bits per heavy atom. The number of carbonyl (C=O) groups is 1. The molecule has 0 aromatic rings. The summed E-state index contributed by atoms with van der Waals surface area (Å²) in [6.07, 6.45) is 0. The van der Waals surface area contributed by atoms with Gasteiger partial charge in [0.1, 0.15) is 13.3 Å². The maximum atomic E-state index is 11.3. The van der Waals surface area contributed by atoms with Crippen LogP contribution in [0.5, 0.6) is 0 Å². The summed E-state index contributed by atoms with van der Waals surface area (Å²) < 4.78 is 15.8. The van der Waals surface area contributed by atoms with Gasteiger partial charge in [0.05, 0.1) is 6.61 Å². The summed E-state index contributed by atoms with van der Waals surface area (Å²) in [4.78, 5) is 10.3. The van der Waals surface area contributed by atoms with E-state index in [1.54, 1.807) is 0 Å². The Labute approximate surface area is 53.2 Å². The predicted octanol–water partition coefficient (Wildman–Crippen LogP) is -0.282. The molecule has 0 heterocycles. The predicted molar refractivity (Wildman–Crippen MR) is 30.9 cm³/mol. The molecule has 0 aliphatic carbocycles. The van der Waals surface area contributed by atoms with Gasteiger partial charge in [-0.25, -0.2) is 4.39 Å². The summed E-state index contributed by atoms with van der Waals surface area (Å²) in [7, 11) is 1.50. The molecule has 3 nitrogen and oxygen atoms in total. The Morgan fingerprint density at radius 1 is 1.78 bits per heavy atom. The van der Waals surface area contributed by atoms with Crippen LogP contribution in [0.4, 0.5) is 4.39 Å². The molecule has 4 heteroatoms. The average molecular weight is 135 g/mol. The molecule has 0 saturated heterocycles. The Morgan fingerprint density at radius 2 is 2.44 bits per heavy atom. The molecule has 1 amide bonds. The number of ether oxygens (including phenoxy) is 1. The second kappa shape index (κ2) is 5.50. The van der Waals surface area contributed by atoms with E-state index >= 15 is 0 Å². The molecule has 0 spiro atoms. The molecule has 0 aromatic heterocycles. The van der Waals surface area contributed by atoms with Crippen LogP contribution in [0.2, 0.25) is 0 Å². The first-order chi connectivity index (χ1) is 4.31. The van der Waals surface area contributed by atoms with E-state index < -0.39 is 6.67 Å². The Hall–Kier alpha value is -0.640. The van der Waals surface area contributed by atoms with Crippen LogP contribution >= 0.6 is 0 Å². The van der Waals surface area contributed by atoms with E-state index in [0.717, 1.165) is 0 Å². The fourth-order valence-corrected chi connectivity index (χ4v) is 0.292. The van der Waals surface area contributed by atoms with Crippen molar-refractivity contribution in [2.45, 2.75) is 0 Å². The van der Waals surface area contributed by atoms with Crippen molar-refractivity contribution in [3.05, 3.63) is 0 Å². The first kappa shape index (κ1) is 8.36. The zero-order chi connectivity index (χ0) is 7.11. The van der Waals surface area contributed by atoms with Gasteiger partial charge >= 0.3 is 0 Å². The van der Waals surface area contributed by atoms with Crippen molar-refractivity contribution in [1.82, 2.24) is 5.32 Å². The number of alkyl halides is 1.